The molecule has 1 saturated heterocycles. The van der Waals surface area contributed by atoms with Gasteiger partial charge in [-0.15, -0.1) is 0 Å². The average Bonchev–Trinajstić information content (AvgIpc) is 2.94. The van der Waals surface area contributed by atoms with Gasteiger partial charge in [0, 0.05) is 31.0 Å². The maximum Gasteiger partial charge on any atom is 0.307 e. The van der Waals surface area contributed by atoms with Gasteiger partial charge in [0.2, 0.25) is 0 Å². The van der Waals surface area contributed by atoms with Crippen LogP contribution in [0, 0.1) is 0 Å². The van der Waals surface area contributed by atoms with Crippen molar-refractivity contribution in [2.75, 3.05) is 36.5 Å². The fourth-order valence-electron chi connectivity index (χ4n) is 2.31. The number of hydrogen-bond donors (Lipinski definition) is 1. The molecule has 1 aromatic rings. The monoisotopic (exact) mass is 262 g/mol. The maximum absolute atomic E-state index is 11.2. The zero-order valence-corrected chi connectivity index (χ0v) is 11.5. The highest BCUT2D eigenvalue weighted by atomic mass is 16.5. The lowest BCUT2D eigenvalue weighted by atomic mass is 10.2. The lowest BCUT2D eigenvalue weighted by Crippen LogP contribution is -2.17. The second-order valence-electron chi connectivity index (χ2n) is 4.72. The van der Waals surface area contributed by atoms with Crippen LogP contribution < -0.4 is 10.2 Å². The van der Waals surface area contributed by atoms with Crippen molar-refractivity contribution in [1.82, 2.24) is 0 Å². The van der Waals surface area contributed by atoms with Crippen LogP contribution in [-0.2, 0) is 9.53 Å². The van der Waals surface area contributed by atoms with Crippen molar-refractivity contribution in [3.63, 3.8) is 0 Å². The van der Waals surface area contributed by atoms with Crippen LogP contribution in [-0.4, -0.2) is 32.2 Å². The Morgan fingerprint density at radius 1 is 1.26 bits per heavy atom. The van der Waals surface area contributed by atoms with E-state index in [-0.39, 0.29) is 5.97 Å². The highest BCUT2D eigenvalue weighted by Gasteiger charge is 2.11. The molecule has 1 aromatic carbocycles. The Morgan fingerprint density at radius 2 is 1.95 bits per heavy atom. The summed E-state index contributed by atoms with van der Waals surface area (Å²) in [5, 5.41) is 3.23. The first-order valence-electron chi connectivity index (χ1n) is 7.04. The summed E-state index contributed by atoms with van der Waals surface area (Å²) in [5.74, 6) is -0.149. The van der Waals surface area contributed by atoms with Crippen molar-refractivity contribution in [2.24, 2.45) is 0 Å². The predicted molar refractivity (Wildman–Crippen MR) is 77.6 cm³/mol. The van der Waals surface area contributed by atoms with Crippen molar-refractivity contribution in [3.8, 4) is 0 Å². The van der Waals surface area contributed by atoms with Crippen molar-refractivity contribution >= 4 is 17.3 Å². The lowest BCUT2D eigenvalue weighted by Gasteiger charge is -2.17. The van der Waals surface area contributed by atoms with Crippen LogP contribution in [0.1, 0.15) is 26.2 Å². The Kier molecular flexibility index (Phi) is 5.07. The molecule has 1 heterocycles. The number of esters is 1. The third-order valence-electron chi connectivity index (χ3n) is 3.30. The van der Waals surface area contributed by atoms with Gasteiger partial charge in [0.15, 0.2) is 0 Å². The highest BCUT2D eigenvalue weighted by Crippen LogP contribution is 2.21. The normalized spacial score (nSPS) is 14.5. The van der Waals surface area contributed by atoms with E-state index in [2.05, 4.69) is 34.5 Å². The van der Waals surface area contributed by atoms with Crippen molar-refractivity contribution in [3.05, 3.63) is 24.3 Å². The Morgan fingerprint density at radius 3 is 2.58 bits per heavy atom. The molecule has 0 amide bonds. The second-order valence-corrected chi connectivity index (χ2v) is 4.72. The quantitative estimate of drug-likeness (QED) is 0.800. The summed E-state index contributed by atoms with van der Waals surface area (Å²) in [4.78, 5) is 13.6. The van der Waals surface area contributed by atoms with E-state index in [1.165, 1.54) is 18.5 Å². The van der Waals surface area contributed by atoms with Crippen molar-refractivity contribution in [1.29, 1.82) is 0 Å². The van der Waals surface area contributed by atoms with Crippen LogP contribution in [0.3, 0.4) is 0 Å². The minimum Gasteiger partial charge on any atom is -0.466 e. The molecule has 1 N–H and O–H groups in total. The minimum absolute atomic E-state index is 0.149. The van der Waals surface area contributed by atoms with Crippen molar-refractivity contribution < 1.29 is 9.53 Å². The number of rotatable bonds is 6. The second kappa shape index (κ2) is 7.02. The first-order chi connectivity index (χ1) is 9.29. The summed E-state index contributed by atoms with van der Waals surface area (Å²) in [6.07, 6.45) is 2.99. The van der Waals surface area contributed by atoms with Gasteiger partial charge < -0.3 is 15.0 Å². The molecule has 4 heteroatoms. The molecular formula is C15H22N2O2. The number of nitrogens with zero attached hydrogens (tertiary/aromatic N) is 1. The van der Waals surface area contributed by atoms with E-state index in [0.29, 0.717) is 19.6 Å². The fourth-order valence-corrected chi connectivity index (χ4v) is 2.31. The van der Waals surface area contributed by atoms with Crippen LogP contribution in [0.4, 0.5) is 11.4 Å². The van der Waals surface area contributed by atoms with Gasteiger partial charge in [0.05, 0.1) is 13.0 Å². The van der Waals surface area contributed by atoms with Crippen molar-refractivity contribution in [2.45, 2.75) is 26.2 Å². The number of carbonyl (C=O) groups excluding carboxylic acids is 1. The molecule has 19 heavy (non-hydrogen) atoms. The van der Waals surface area contributed by atoms with E-state index >= 15 is 0 Å². The summed E-state index contributed by atoms with van der Waals surface area (Å²) >= 11 is 0. The van der Waals surface area contributed by atoms with Crippen LogP contribution in [0.15, 0.2) is 24.3 Å². The van der Waals surface area contributed by atoms with Gasteiger partial charge in [-0.1, -0.05) is 0 Å². The number of hydrogen-bond acceptors (Lipinski definition) is 4. The third-order valence-corrected chi connectivity index (χ3v) is 3.30. The summed E-state index contributed by atoms with van der Waals surface area (Å²) in [5.41, 5.74) is 2.33. The highest BCUT2D eigenvalue weighted by molar-refractivity contribution is 5.70. The summed E-state index contributed by atoms with van der Waals surface area (Å²) in [6.45, 7) is 5.21. The van der Waals surface area contributed by atoms with E-state index in [0.717, 1.165) is 18.8 Å². The molecule has 0 bridgehead atoms. The largest absolute Gasteiger partial charge is 0.466 e. The fraction of sp³-hybridized carbons (Fsp3) is 0.533. The molecule has 2 rings (SSSR count). The maximum atomic E-state index is 11.2. The van der Waals surface area contributed by atoms with E-state index < -0.39 is 0 Å². The van der Waals surface area contributed by atoms with Crippen LogP contribution in [0.5, 0.6) is 0 Å². The van der Waals surface area contributed by atoms with Gasteiger partial charge >= 0.3 is 5.97 Å². The SMILES string of the molecule is CCOC(=O)CCNc1ccc(N2CCCC2)cc1. The van der Waals surface area contributed by atoms with Gasteiger partial charge in [-0.25, -0.2) is 0 Å². The zero-order valence-electron chi connectivity index (χ0n) is 11.5. The number of benzene rings is 1. The standard InChI is InChI=1S/C15H22N2O2/c1-2-19-15(18)9-10-16-13-5-7-14(8-6-13)17-11-3-4-12-17/h5-8,16H,2-4,9-12H2,1H3. The summed E-state index contributed by atoms with van der Waals surface area (Å²) in [6, 6.07) is 8.41. The topological polar surface area (TPSA) is 41.6 Å². The Bertz CT molecular complexity index is 397. The molecule has 0 atom stereocenters. The molecule has 4 nitrogen and oxygen atoms in total. The van der Waals surface area contributed by atoms with Gasteiger partial charge in [-0.2, -0.15) is 0 Å². The van der Waals surface area contributed by atoms with E-state index in [9.17, 15) is 4.79 Å². The smallest absolute Gasteiger partial charge is 0.307 e. The molecule has 0 radical (unpaired) electrons. The lowest BCUT2D eigenvalue weighted by molar-refractivity contribution is -0.142. The number of nitrogens with one attached hydrogen (secondary N) is 1. The molecule has 0 saturated carbocycles. The summed E-state index contributed by atoms with van der Waals surface area (Å²) in [7, 11) is 0. The molecule has 1 fully saturated rings. The number of carbonyl (C=O) groups is 1. The molecule has 0 unspecified atom stereocenters. The van der Waals surface area contributed by atoms with E-state index in [4.69, 9.17) is 4.74 Å². The Hall–Kier alpha value is -1.71. The summed E-state index contributed by atoms with van der Waals surface area (Å²) < 4.78 is 4.88. The minimum atomic E-state index is -0.149. The Balaban J connectivity index is 1.77. The average molecular weight is 262 g/mol. The van der Waals surface area contributed by atoms with Gasteiger partial charge in [0.1, 0.15) is 0 Å². The number of anilines is 2. The Labute approximate surface area is 114 Å². The third kappa shape index (κ3) is 4.16. The molecular weight excluding hydrogens is 240 g/mol. The van der Waals surface area contributed by atoms with E-state index in [1.807, 2.05) is 6.92 Å². The number of ether oxygens (including phenoxy) is 1. The first kappa shape index (κ1) is 13.7. The molecule has 0 spiro atoms. The zero-order chi connectivity index (χ0) is 13.5. The van der Waals surface area contributed by atoms with E-state index in [1.54, 1.807) is 0 Å². The first-order valence-corrected chi connectivity index (χ1v) is 7.04. The van der Waals surface area contributed by atoms with Gasteiger partial charge in [-0.3, -0.25) is 4.79 Å². The van der Waals surface area contributed by atoms with Crippen LogP contribution >= 0.6 is 0 Å². The van der Waals surface area contributed by atoms with Gasteiger partial charge in [-0.05, 0) is 44.0 Å². The van der Waals surface area contributed by atoms with Crippen LogP contribution in [0.2, 0.25) is 0 Å². The van der Waals surface area contributed by atoms with Gasteiger partial charge in [0.25, 0.3) is 0 Å². The van der Waals surface area contributed by atoms with Crippen LogP contribution in [0.25, 0.3) is 0 Å². The predicted octanol–water partition coefficient (Wildman–Crippen LogP) is 2.65. The molecule has 0 aliphatic carbocycles. The molecule has 1 aliphatic rings. The molecule has 104 valence electrons. The molecule has 1 aliphatic heterocycles. The molecule has 0 aromatic heterocycles.